The highest BCUT2D eigenvalue weighted by Gasteiger charge is 2.29. The van der Waals surface area contributed by atoms with E-state index >= 15 is 0 Å². The van der Waals surface area contributed by atoms with Crippen LogP contribution in [0.1, 0.15) is 35.9 Å². The van der Waals surface area contributed by atoms with Crippen LogP contribution in [0.3, 0.4) is 0 Å². The third kappa shape index (κ3) is 6.63. The van der Waals surface area contributed by atoms with Crippen LogP contribution in [0.5, 0.6) is 0 Å². The van der Waals surface area contributed by atoms with Crippen molar-refractivity contribution in [2.45, 2.75) is 20.3 Å². The minimum atomic E-state index is -0.0383. The second-order valence-electron chi connectivity index (χ2n) is 16.3. The molecule has 9 aromatic rings. The highest BCUT2D eigenvalue weighted by Crippen LogP contribution is 2.44. The van der Waals surface area contributed by atoms with Crippen molar-refractivity contribution in [1.82, 2.24) is 15.0 Å². The van der Waals surface area contributed by atoms with Gasteiger partial charge in [-0.15, -0.1) is 0 Å². The van der Waals surface area contributed by atoms with E-state index in [0.717, 1.165) is 77.9 Å². The van der Waals surface area contributed by atoms with Gasteiger partial charge in [0.2, 0.25) is 0 Å². The molecule has 0 aliphatic heterocycles. The van der Waals surface area contributed by atoms with Gasteiger partial charge in [0, 0.05) is 32.9 Å². The summed E-state index contributed by atoms with van der Waals surface area (Å²) in [5.41, 5.74) is 11.7. The predicted octanol–water partition coefficient (Wildman–Crippen LogP) is 15.0. The smallest absolute Gasteiger partial charge is 0.164 e. The summed E-state index contributed by atoms with van der Waals surface area (Å²) in [6.45, 7) is 4.42. The first kappa shape index (κ1) is 36.4. The average Bonchev–Trinajstić information content (AvgIpc) is 3.68. The molecule has 7 aromatic carbocycles. The second-order valence-corrected chi connectivity index (χ2v) is 16.3. The lowest BCUT2D eigenvalue weighted by Gasteiger charge is -2.31. The van der Waals surface area contributed by atoms with E-state index < -0.39 is 0 Å². The average molecular weight is 784 g/mol. The van der Waals surface area contributed by atoms with Crippen molar-refractivity contribution >= 4 is 61.2 Å². The normalized spacial score (nSPS) is 16.3. The van der Waals surface area contributed by atoms with Crippen molar-refractivity contribution in [3.05, 3.63) is 216 Å². The molecular weight excluding hydrogens is 743 g/mol. The molecule has 4 nitrogen and oxygen atoms in total. The number of aryl methyl sites for hydroxylation is 1. The van der Waals surface area contributed by atoms with Crippen LogP contribution in [0.2, 0.25) is 0 Å². The van der Waals surface area contributed by atoms with Gasteiger partial charge in [0.05, 0.1) is 0 Å². The number of hydrogen-bond acceptors (Lipinski definition) is 4. The third-order valence-corrected chi connectivity index (χ3v) is 12.3. The Labute approximate surface area is 355 Å². The van der Waals surface area contributed by atoms with E-state index in [1.807, 2.05) is 0 Å². The van der Waals surface area contributed by atoms with Crippen LogP contribution >= 0.6 is 0 Å². The van der Waals surface area contributed by atoms with Crippen LogP contribution in [0.25, 0.3) is 95.1 Å². The van der Waals surface area contributed by atoms with Gasteiger partial charge in [-0.2, -0.15) is 0 Å². The summed E-state index contributed by atoms with van der Waals surface area (Å²) in [5, 5.41) is 6.70. The van der Waals surface area contributed by atoms with E-state index in [9.17, 15) is 0 Å². The van der Waals surface area contributed by atoms with Crippen molar-refractivity contribution in [1.29, 1.82) is 0 Å². The molecule has 2 aromatic heterocycles. The van der Waals surface area contributed by atoms with Gasteiger partial charge in [0.15, 0.2) is 17.5 Å². The van der Waals surface area contributed by atoms with Gasteiger partial charge >= 0.3 is 0 Å². The van der Waals surface area contributed by atoms with Crippen molar-refractivity contribution in [2.24, 2.45) is 5.41 Å². The van der Waals surface area contributed by atoms with Gasteiger partial charge < -0.3 is 4.42 Å². The topological polar surface area (TPSA) is 51.8 Å². The summed E-state index contributed by atoms with van der Waals surface area (Å²) in [5.74, 6) is 1.96. The Morgan fingerprint density at radius 1 is 0.590 bits per heavy atom. The molecule has 290 valence electrons. The maximum Gasteiger partial charge on any atom is 0.164 e. The van der Waals surface area contributed by atoms with Crippen molar-refractivity contribution in [3.8, 4) is 33.9 Å². The zero-order valence-corrected chi connectivity index (χ0v) is 34.0. The van der Waals surface area contributed by atoms with Crippen LogP contribution in [-0.2, 0) is 0 Å². The zero-order valence-electron chi connectivity index (χ0n) is 34.0. The van der Waals surface area contributed by atoms with Gasteiger partial charge in [0.25, 0.3) is 0 Å². The van der Waals surface area contributed by atoms with E-state index in [1.54, 1.807) is 0 Å². The highest BCUT2D eigenvalue weighted by atomic mass is 16.3. The number of rotatable bonds is 7. The van der Waals surface area contributed by atoms with Crippen LogP contribution in [-0.4, -0.2) is 15.0 Å². The van der Waals surface area contributed by atoms with Crippen LogP contribution in [0, 0.1) is 12.3 Å². The fourth-order valence-corrected chi connectivity index (χ4v) is 8.91. The Morgan fingerprint density at radius 2 is 1.34 bits per heavy atom. The van der Waals surface area contributed by atoms with Gasteiger partial charge in [-0.25, -0.2) is 15.0 Å². The molecule has 11 rings (SSSR count). The van der Waals surface area contributed by atoms with Gasteiger partial charge in [-0.1, -0.05) is 177 Å². The lowest BCUT2D eigenvalue weighted by Crippen LogP contribution is -2.19. The maximum atomic E-state index is 6.55. The molecule has 0 saturated heterocycles. The molecule has 1 atom stereocenters. The summed E-state index contributed by atoms with van der Waals surface area (Å²) < 4.78 is 6.55. The number of benzene rings is 7. The van der Waals surface area contributed by atoms with Crippen LogP contribution < -0.4 is 0 Å². The summed E-state index contributed by atoms with van der Waals surface area (Å²) in [7, 11) is 0. The monoisotopic (exact) mass is 783 g/mol. The molecule has 0 radical (unpaired) electrons. The molecule has 4 heteroatoms. The summed E-state index contributed by atoms with van der Waals surface area (Å²) >= 11 is 0. The van der Waals surface area contributed by atoms with E-state index in [-0.39, 0.29) is 5.41 Å². The van der Waals surface area contributed by atoms with E-state index in [1.165, 1.54) is 22.1 Å². The fourth-order valence-electron chi connectivity index (χ4n) is 8.91. The molecule has 1 unspecified atom stereocenters. The standard InChI is InChI=1S/C57H41N3O/c1-37-14-3-5-16-39(37)17-6-4-15-38-27-30-50-52(34-38)61-51-26-13-24-48(53(50)51)46-22-11-23-47-45(46)21-12-25-49(47)56-59-54(42-29-28-40-18-7-8-19-41(40)35-42)58-55(60-56)43-31-33-57(2)32-10-9-20-44(57)36-43/h3-32,34-36H,33H2,1-2H3/b15-4+,17-6-. The summed E-state index contributed by atoms with van der Waals surface area (Å²) in [6, 6.07) is 49.1. The summed E-state index contributed by atoms with van der Waals surface area (Å²) in [4.78, 5) is 15.7. The van der Waals surface area contributed by atoms with Crippen molar-refractivity contribution in [2.75, 3.05) is 0 Å². The number of hydrogen-bond donors (Lipinski definition) is 0. The first-order valence-electron chi connectivity index (χ1n) is 20.9. The van der Waals surface area contributed by atoms with Crippen LogP contribution in [0.15, 0.2) is 198 Å². The Bertz CT molecular complexity index is 3430. The lowest BCUT2D eigenvalue weighted by atomic mass is 9.73. The van der Waals surface area contributed by atoms with E-state index in [4.69, 9.17) is 19.4 Å². The molecule has 2 aliphatic rings. The minimum Gasteiger partial charge on any atom is -0.456 e. The first-order chi connectivity index (χ1) is 30.0. The molecule has 0 saturated carbocycles. The third-order valence-electron chi connectivity index (χ3n) is 12.3. The van der Waals surface area contributed by atoms with Gasteiger partial charge in [-0.05, 0) is 98.6 Å². The van der Waals surface area contributed by atoms with Crippen molar-refractivity contribution in [3.63, 3.8) is 0 Å². The molecule has 0 bridgehead atoms. The molecular formula is C57H41N3O. The zero-order chi connectivity index (χ0) is 40.9. The Morgan fingerprint density at radius 3 is 2.25 bits per heavy atom. The molecule has 0 spiro atoms. The molecule has 61 heavy (non-hydrogen) atoms. The van der Waals surface area contributed by atoms with Crippen LogP contribution in [0.4, 0.5) is 0 Å². The molecule has 0 fully saturated rings. The largest absolute Gasteiger partial charge is 0.456 e. The quantitative estimate of drug-likeness (QED) is 0.151. The SMILES string of the molecule is Cc1ccccc1/C=C\C=C\c1ccc2c(c1)oc1cccc(-c3cccc4c(-c5nc(C6=CCC7(C)C=CC=CC7=C6)nc(-c6ccc7ccccc7c6)n5)cccc34)c12. The molecule has 2 aliphatic carbocycles. The summed E-state index contributed by atoms with van der Waals surface area (Å²) in [6.07, 6.45) is 22.6. The predicted molar refractivity (Wildman–Crippen MR) is 255 cm³/mol. The number of fused-ring (bicyclic) bond motifs is 6. The van der Waals surface area contributed by atoms with E-state index in [0.29, 0.717) is 17.5 Å². The minimum absolute atomic E-state index is 0.0383. The van der Waals surface area contributed by atoms with Gasteiger partial charge in [0.1, 0.15) is 11.2 Å². The van der Waals surface area contributed by atoms with Crippen molar-refractivity contribution < 1.29 is 4.42 Å². The Balaban J connectivity index is 1.01. The molecule has 0 amide bonds. The Hall–Kier alpha value is -7.69. The molecule has 0 N–H and O–H groups in total. The fraction of sp³-hybridized carbons (Fsp3) is 0.0702. The van der Waals surface area contributed by atoms with Gasteiger partial charge in [-0.3, -0.25) is 0 Å². The molecule has 2 heterocycles. The van der Waals surface area contributed by atoms with E-state index in [2.05, 4.69) is 214 Å². The lowest BCUT2D eigenvalue weighted by molar-refractivity contribution is 0.528. The maximum absolute atomic E-state index is 6.55. The number of furan rings is 1. The second kappa shape index (κ2) is 14.8. The first-order valence-corrected chi connectivity index (χ1v) is 20.9. The highest BCUT2D eigenvalue weighted by molar-refractivity contribution is 6.16. The number of allylic oxidation sites excluding steroid dienone is 10. The number of nitrogens with zero attached hydrogens (tertiary/aromatic N) is 3. The Kier molecular flexibility index (Phi) is 8.86. The number of aromatic nitrogens is 3.